The summed E-state index contributed by atoms with van der Waals surface area (Å²) in [5, 5.41) is 3.03. The van der Waals surface area contributed by atoms with Crippen molar-refractivity contribution >= 4 is 5.69 Å². The minimum atomic E-state index is 0.983. The van der Waals surface area contributed by atoms with Crippen LogP contribution >= 0.6 is 0 Å². The molecule has 0 bridgehead atoms. The van der Waals surface area contributed by atoms with Gasteiger partial charge in [0.2, 0.25) is 0 Å². The van der Waals surface area contributed by atoms with Gasteiger partial charge >= 0.3 is 0 Å². The Kier molecular flexibility index (Phi) is 3.52. The lowest BCUT2D eigenvalue weighted by atomic mass is 10.1. The number of benzene rings is 1. The average Bonchev–Trinajstić information content (AvgIpc) is 2.69. The second kappa shape index (κ2) is 5.09. The maximum atomic E-state index is 3.64. The first-order valence-electron chi connectivity index (χ1n) is 6.08. The number of fused-ring (bicyclic) bond motifs is 1. The molecule has 1 aromatic rings. The van der Waals surface area contributed by atoms with Gasteiger partial charge < -0.3 is 10.2 Å². The van der Waals surface area contributed by atoms with E-state index in [1.54, 1.807) is 6.20 Å². The molecule has 2 rings (SSSR count). The molecule has 0 saturated carbocycles. The third kappa shape index (κ3) is 2.70. The van der Waals surface area contributed by atoms with E-state index in [2.05, 4.69) is 48.8 Å². The Morgan fingerprint density at radius 2 is 2.35 bits per heavy atom. The van der Waals surface area contributed by atoms with Gasteiger partial charge in [0.25, 0.3) is 0 Å². The van der Waals surface area contributed by atoms with Crippen LogP contribution in [0.1, 0.15) is 18.1 Å². The van der Waals surface area contributed by atoms with Crippen LogP contribution in [0.2, 0.25) is 0 Å². The van der Waals surface area contributed by atoms with Gasteiger partial charge in [0, 0.05) is 25.0 Å². The summed E-state index contributed by atoms with van der Waals surface area (Å²) in [6, 6.07) is 6.74. The molecule has 1 aromatic carbocycles. The lowest BCUT2D eigenvalue weighted by Gasteiger charge is -2.20. The van der Waals surface area contributed by atoms with Crippen LogP contribution < -0.4 is 10.2 Å². The standard InChI is InChI=1S/C15H20N2/c1-4-16-10-13(3)11-17-8-7-14-6-5-12(2)9-15(14)17/h4-6,9-10,16H,1,7-8,11H2,2-3H3/b13-10+. The molecule has 0 spiro atoms. The van der Waals surface area contributed by atoms with Gasteiger partial charge in [-0.15, -0.1) is 0 Å². The highest BCUT2D eigenvalue weighted by Crippen LogP contribution is 2.29. The van der Waals surface area contributed by atoms with Crippen LogP contribution in [0.3, 0.4) is 0 Å². The van der Waals surface area contributed by atoms with E-state index in [9.17, 15) is 0 Å². The number of nitrogens with zero attached hydrogens (tertiary/aromatic N) is 1. The van der Waals surface area contributed by atoms with E-state index in [0.717, 1.165) is 19.5 Å². The summed E-state index contributed by atoms with van der Waals surface area (Å²) >= 11 is 0. The van der Waals surface area contributed by atoms with Gasteiger partial charge in [-0.05, 0) is 49.2 Å². The molecule has 2 heteroatoms. The molecule has 1 heterocycles. The predicted octanol–water partition coefficient (Wildman–Crippen LogP) is 2.99. The summed E-state index contributed by atoms with van der Waals surface area (Å²) in [4.78, 5) is 2.44. The number of nitrogens with one attached hydrogen (secondary N) is 1. The number of aryl methyl sites for hydroxylation is 1. The van der Waals surface area contributed by atoms with Crippen molar-refractivity contribution in [3.63, 3.8) is 0 Å². The Morgan fingerprint density at radius 3 is 3.12 bits per heavy atom. The van der Waals surface area contributed by atoms with E-state index < -0.39 is 0 Å². The van der Waals surface area contributed by atoms with Crippen molar-refractivity contribution in [1.82, 2.24) is 5.32 Å². The normalized spacial score (nSPS) is 14.7. The van der Waals surface area contributed by atoms with E-state index >= 15 is 0 Å². The van der Waals surface area contributed by atoms with Crippen molar-refractivity contribution in [2.45, 2.75) is 20.3 Å². The minimum Gasteiger partial charge on any atom is -0.368 e. The molecule has 0 unspecified atom stereocenters. The Balaban J connectivity index is 2.11. The van der Waals surface area contributed by atoms with Gasteiger partial charge in [-0.3, -0.25) is 0 Å². The monoisotopic (exact) mass is 228 g/mol. The largest absolute Gasteiger partial charge is 0.368 e. The molecule has 0 amide bonds. The van der Waals surface area contributed by atoms with Crippen LogP contribution in [0.4, 0.5) is 5.69 Å². The average molecular weight is 228 g/mol. The quantitative estimate of drug-likeness (QED) is 0.852. The SMILES string of the molecule is C=CN/C=C(\C)CN1CCc2ccc(C)cc21. The zero-order chi connectivity index (χ0) is 12.3. The van der Waals surface area contributed by atoms with Crippen LogP contribution in [-0.2, 0) is 6.42 Å². The van der Waals surface area contributed by atoms with Crippen LogP contribution in [0.15, 0.2) is 42.8 Å². The van der Waals surface area contributed by atoms with Gasteiger partial charge in [0.15, 0.2) is 0 Å². The summed E-state index contributed by atoms with van der Waals surface area (Å²) in [5.41, 5.74) is 5.53. The highest BCUT2D eigenvalue weighted by atomic mass is 15.1. The summed E-state index contributed by atoms with van der Waals surface area (Å²) < 4.78 is 0. The molecule has 1 aliphatic heterocycles. The first-order chi connectivity index (χ1) is 8.20. The Bertz CT molecular complexity index is 446. The maximum Gasteiger partial charge on any atom is 0.0405 e. The first-order valence-corrected chi connectivity index (χ1v) is 6.08. The summed E-state index contributed by atoms with van der Waals surface area (Å²) in [5.74, 6) is 0. The zero-order valence-electron chi connectivity index (χ0n) is 10.7. The molecule has 17 heavy (non-hydrogen) atoms. The third-order valence-corrected chi connectivity index (χ3v) is 3.12. The van der Waals surface area contributed by atoms with Gasteiger partial charge in [-0.1, -0.05) is 18.7 Å². The van der Waals surface area contributed by atoms with Gasteiger partial charge in [-0.25, -0.2) is 0 Å². The highest BCUT2D eigenvalue weighted by molar-refractivity contribution is 5.60. The van der Waals surface area contributed by atoms with Crippen molar-refractivity contribution < 1.29 is 0 Å². The zero-order valence-corrected chi connectivity index (χ0v) is 10.7. The van der Waals surface area contributed by atoms with E-state index in [4.69, 9.17) is 0 Å². The molecule has 1 N–H and O–H groups in total. The van der Waals surface area contributed by atoms with E-state index in [1.165, 1.54) is 22.4 Å². The molecule has 0 fully saturated rings. The molecule has 0 radical (unpaired) electrons. The molecule has 0 saturated heterocycles. The summed E-state index contributed by atoms with van der Waals surface area (Å²) in [7, 11) is 0. The third-order valence-electron chi connectivity index (χ3n) is 3.12. The fourth-order valence-electron chi connectivity index (χ4n) is 2.27. The molecule has 2 nitrogen and oxygen atoms in total. The fraction of sp³-hybridized carbons (Fsp3) is 0.333. The smallest absolute Gasteiger partial charge is 0.0405 e. The van der Waals surface area contributed by atoms with Gasteiger partial charge in [0.1, 0.15) is 0 Å². The molecule has 0 atom stereocenters. The van der Waals surface area contributed by atoms with Crippen LogP contribution in [0, 0.1) is 6.92 Å². The number of hydrogen-bond donors (Lipinski definition) is 1. The second-order valence-electron chi connectivity index (χ2n) is 4.67. The number of rotatable bonds is 4. The van der Waals surface area contributed by atoms with Crippen molar-refractivity contribution in [2.24, 2.45) is 0 Å². The molecule has 1 aliphatic rings. The van der Waals surface area contributed by atoms with E-state index in [1.807, 2.05) is 6.20 Å². The topological polar surface area (TPSA) is 15.3 Å². The van der Waals surface area contributed by atoms with Crippen molar-refractivity contribution in [3.05, 3.63) is 53.9 Å². The lowest BCUT2D eigenvalue weighted by Crippen LogP contribution is -2.23. The number of anilines is 1. The van der Waals surface area contributed by atoms with Crippen LogP contribution in [-0.4, -0.2) is 13.1 Å². The summed E-state index contributed by atoms with van der Waals surface area (Å²) in [6.07, 6.45) is 4.88. The molecular weight excluding hydrogens is 208 g/mol. The van der Waals surface area contributed by atoms with Crippen molar-refractivity contribution in [3.8, 4) is 0 Å². The Labute approximate surface area is 104 Å². The maximum absolute atomic E-state index is 3.64. The molecule has 0 aliphatic carbocycles. The molecular formula is C15H20N2. The van der Waals surface area contributed by atoms with Crippen LogP contribution in [0.25, 0.3) is 0 Å². The van der Waals surface area contributed by atoms with Gasteiger partial charge in [-0.2, -0.15) is 0 Å². The predicted molar refractivity (Wildman–Crippen MR) is 74.2 cm³/mol. The Hall–Kier alpha value is -1.70. The van der Waals surface area contributed by atoms with Gasteiger partial charge in [0.05, 0.1) is 0 Å². The highest BCUT2D eigenvalue weighted by Gasteiger charge is 2.18. The molecule has 90 valence electrons. The summed E-state index contributed by atoms with van der Waals surface area (Å²) in [6.45, 7) is 10.0. The fourth-order valence-corrected chi connectivity index (χ4v) is 2.27. The van der Waals surface area contributed by atoms with Crippen molar-refractivity contribution in [2.75, 3.05) is 18.0 Å². The van der Waals surface area contributed by atoms with E-state index in [-0.39, 0.29) is 0 Å². The minimum absolute atomic E-state index is 0.983. The van der Waals surface area contributed by atoms with Crippen LogP contribution in [0.5, 0.6) is 0 Å². The lowest BCUT2D eigenvalue weighted by molar-refractivity contribution is 0.873. The Morgan fingerprint density at radius 1 is 1.53 bits per heavy atom. The number of hydrogen-bond acceptors (Lipinski definition) is 2. The second-order valence-corrected chi connectivity index (χ2v) is 4.67. The van der Waals surface area contributed by atoms with Crippen molar-refractivity contribution in [1.29, 1.82) is 0 Å². The van der Waals surface area contributed by atoms with E-state index in [0.29, 0.717) is 0 Å². The molecule has 0 aromatic heterocycles. The first kappa shape index (κ1) is 11.8.